The molecule has 0 spiro atoms. The van der Waals surface area contributed by atoms with Crippen LogP contribution in [0.25, 0.3) is 0 Å². The fraction of sp³-hybridized carbons (Fsp3) is 0. The number of benzene rings is 3. The van der Waals surface area contributed by atoms with E-state index in [1.54, 1.807) is 0 Å². The summed E-state index contributed by atoms with van der Waals surface area (Å²) in [5.41, 5.74) is 1.85. The van der Waals surface area contributed by atoms with E-state index < -0.39 is 7.59 Å². The third-order valence-electron chi connectivity index (χ3n) is 3.83. The molecule has 0 bridgehead atoms. The third-order valence-corrected chi connectivity index (χ3v) is 10.6. The van der Waals surface area contributed by atoms with Crippen molar-refractivity contribution in [3.63, 3.8) is 0 Å². The van der Waals surface area contributed by atoms with Gasteiger partial charge in [-0.25, -0.2) is 0 Å². The third kappa shape index (κ3) is 7.09. The van der Waals surface area contributed by atoms with E-state index in [1.165, 1.54) is 0 Å². The Kier molecular flexibility index (Phi) is 10.4. The second-order valence-electron chi connectivity index (χ2n) is 6.18. The van der Waals surface area contributed by atoms with E-state index in [1.807, 2.05) is 36.4 Å². The van der Waals surface area contributed by atoms with Crippen molar-refractivity contribution in [1.82, 2.24) is 0 Å². The summed E-state index contributed by atoms with van der Waals surface area (Å²) in [6, 6.07) is 11.2. The van der Waals surface area contributed by atoms with Crippen LogP contribution in [0.5, 0.6) is 0 Å². The van der Waals surface area contributed by atoms with E-state index >= 15 is 0 Å². The Hall–Kier alpha value is 1.61. The lowest BCUT2D eigenvalue weighted by Crippen LogP contribution is -2.16. The van der Waals surface area contributed by atoms with E-state index in [-0.39, 0.29) is 0 Å². The first-order chi connectivity index (χ1) is 14.9. The molecule has 14 heteroatoms. The molecule has 4 nitrogen and oxygen atoms in total. The van der Waals surface area contributed by atoms with Crippen LogP contribution in [0, 0.1) is 0 Å². The van der Waals surface area contributed by atoms with E-state index in [2.05, 4.69) is 159 Å². The summed E-state index contributed by atoms with van der Waals surface area (Å²) in [7, 11) is -3.57. The first-order valence-corrected chi connectivity index (χ1v) is 17.1. The van der Waals surface area contributed by atoms with Gasteiger partial charge in [0.25, 0.3) is 0 Å². The topological polar surface area (TPSA) is 53.2 Å². The van der Waals surface area contributed by atoms with Gasteiger partial charge in [-0.15, -0.1) is 0 Å². The van der Waals surface area contributed by atoms with Gasteiger partial charge in [0.1, 0.15) is 0 Å². The molecule has 0 aromatic heterocycles. The van der Waals surface area contributed by atoms with Crippen molar-refractivity contribution in [3.8, 4) is 0 Å². The van der Waals surface area contributed by atoms with Crippen LogP contribution in [0.15, 0.2) is 76.7 Å². The molecule has 0 unspecified atom stereocenters. The maximum atomic E-state index is 14.4. The first-order valence-electron chi connectivity index (χ1n) is 8.27. The van der Waals surface area contributed by atoms with Crippen LogP contribution in [0.2, 0.25) is 0 Å². The van der Waals surface area contributed by atoms with Gasteiger partial charge in [-0.2, -0.15) is 0 Å². The highest BCUT2D eigenvalue weighted by atomic mass is 79.9. The molecule has 0 atom stereocenters. The van der Waals surface area contributed by atoms with Gasteiger partial charge in [-0.3, -0.25) is 4.57 Å². The molecule has 0 aliphatic heterocycles. The quantitative estimate of drug-likeness (QED) is 0.215. The summed E-state index contributed by atoms with van der Waals surface area (Å²) in [5, 5.41) is 9.50. The van der Waals surface area contributed by atoms with Crippen molar-refractivity contribution in [2.24, 2.45) is 0 Å². The van der Waals surface area contributed by atoms with Crippen LogP contribution in [-0.4, -0.2) is 0 Å². The molecule has 0 aliphatic rings. The summed E-state index contributed by atoms with van der Waals surface area (Å²) in [4.78, 5) is 0. The molecule has 170 valence electrons. The summed E-state index contributed by atoms with van der Waals surface area (Å²) in [6.45, 7) is 0. The number of hydrogen-bond donors (Lipinski definition) is 3. The Morgan fingerprint density at radius 3 is 0.812 bits per heavy atom. The number of halogens is 9. The number of hydrogen-bond acceptors (Lipinski definition) is 1. The molecule has 3 aromatic carbocycles. The minimum atomic E-state index is -3.57. The normalized spacial score (nSPS) is 11.4. The summed E-state index contributed by atoms with van der Waals surface area (Å²) in [6.07, 6.45) is 0. The minimum absolute atomic E-state index is 0.616. The minimum Gasteiger partial charge on any atom is -0.302 e. The summed E-state index contributed by atoms with van der Waals surface area (Å²) < 4.78 is 21.4. The van der Waals surface area contributed by atoms with E-state index in [9.17, 15) is 4.57 Å². The van der Waals surface area contributed by atoms with E-state index in [0.717, 1.165) is 40.3 Å². The largest absolute Gasteiger partial charge is 0.353 e. The molecule has 0 heterocycles. The Morgan fingerprint density at radius 1 is 0.438 bits per heavy atom. The average Bonchev–Trinajstić information content (AvgIpc) is 2.64. The molecule has 0 radical (unpaired) electrons. The molecule has 32 heavy (non-hydrogen) atoms. The predicted octanol–water partition coefficient (Wildman–Crippen LogP) is 12.3. The molecule has 0 saturated heterocycles. The maximum Gasteiger partial charge on any atom is 0.353 e. The van der Waals surface area contributed by atoms with Crippen molar-refractivity contribution in [2.45, 2.75) is 0 Å². The van der Waals surface area contributed by atoms with Crippen LogP contribution in [0.4, 0.5) is 17.1 Å². The van der Waals surface area contributed by atoms with Crippen molar-refractivity contribution in [2.75, 3.05) is 15.3 Å². The Morgan fingerprint density at radius 2 is 0.625 bits per heavy atom. The van der Waals surface area contributed by atoms with Crippen molar-refractivity contribution in [1.29, 1.82) is 0 Å². The summed E-state index contributed by atoms with van der Waals surface area (Å²) in [5.74, 6) is 0. The molecular weight excluding hydrogens is 1020 g/mol. The van der Waals surface area contributed by atoms with E-state index in [0.29, 0.717) is 17.1 Å². The number of anilines is 3. The lowest BCUT2D eigenvalue weighted by atomic mass is 10.3. The molecule has 0 fully saturated rings. The fourth-order valence-electron chi connectivity index (χ4n) is 2.50. The van der Waals surface area contributed by atoms with Crippen LogP contribution in [-0.2, 0) is 4.57 Å². The highest BCUT2D eigenvalue weighted by Gasteiger charge is 2.28. The Labute approximate surface area is 260 Å². The zero-order chi connectivity index (χ0) is 23.8. The Balaban J connectivity index is 2.12. The molecule has 0 amide bonds. The van der Waals surface area contributed by atoms with Gasteiger partial charge in [-0.1, -0.05) is 47.8 Å². The van der Waals surface area contributed by atoms with Crippen LogP contribution in [0.3, 0.4) is 0 Å². The van der Waals surface area contributed by atoms with Gasteiger partial charge in [0.05, 0.1) is 17.1 Å². The fourth-order valence-corrected chi connectivity index (χ4v) is 12.6. The monoisotopic (exact) mass is 1020 g/mol. The van der Waals surface area contributed by atoms with Gasteiger partial charge in [0.15, 0.2) is 0 Å². The van der Waals surface area contributed by atoms with E-state index in [4.69, 9.17) is 0 Å². The molecule has 3 rings (SSSR count). The molecule has 3 N–H and O–H groups in total. The second kappa shape index (κ2) is 11.8. The van der Waals surface area contributed by atoms with Crippen molar-refractivity contribution >= 4 is 168 Å². The average molecular weight is 1030 g/mol. The lowest BCUT2D eigenvalue weighted by Gasteiger charge is -2.27. The highest BCUT2D eigenvalue weighted by Crippen LogP contribution is 2.53. The molecule has 0 saturated carbocycles. The van der Waals surface area contributed by atoms with Crippen molar-refractivity contribution in [3.05, 3.63) is 76.7 Å². The van der Waals surface area contributed by atoms with Gasteiger partial charge in [0.2, 0.25) is 0 Å². The zero-order valence-electron chi connectivity index (χ0n) is 15.2. The molecule has 0 aliphatic carbocycles. The number of rotatable bonds is 6. The predicted molar refractivity (Wildman–Crippen MR) is 167 cm³/mol. The first kappa shape index (κ1) is 28.2. The SMILES string of the molecule is O=P(Nc1c(Br)cc(Br)cc1Br)(Nc1c(Br)cc(Br)cc1Br)Nc1c(Br)cc(Br)cc1Br. The zero-order valence-corrected chi connectivity index (χ0v) is 30.4. The van der Waals surface area contributed by atoms with Gasteiger partial charge in [0, 0.05) is 40.3 Å². The standard InChI is InChI=1S/C18H9Br9N3OP/c19-7-1-10(22)16(11(23)2-7)28-32(31,29-17-12(24)3-8(20)4-13(17)25)30-18-14(26)5-9(21)6-15(18)27/h1-6H,(H3,28,29,30,31). The maximum absolute atomic E-state index is 14.4. The van der Waals surface area contributed by atoms with Gasteiger partial charge >= 0.3 is 7.59 Å². The number of nitrogens with one attached hydrogen (secondary N) is 3. The summed E-state index contributed by atoms with van der Waals surface area (Å²) >= 11 is 31.7. The van der Waals surface area contributed by atoms with Gasteiger partial charge < -0.3 is 15.3 Å². The highest BCUT2D eigenvalue weighted by molar-refractivity contribution is 9.12. The molecular formula is C18H9Br9N3OP. The van der Waals surface area contributed by atoms with Gasteiger partial charge in [-0.05, 0) is 132 Å². The van der Waals surface area contributed by atoms with Crippen LogP contribution >= 0.6 is 151 Å². The smallest absolute Gasteiger partial charge is 0.302 e. The van der Waals surface area contributed by atoms with Crippen LogP contribution < -0.4 is 15.3 Å². The Bertz CT molecular complexity index is 1030. The molecule has 3 aromatic rings. The second-order valence-corrected chi connectivity index (χ2v) is 15.9. The van der Waals surface area contributed by atoms with Crippen molar-refractivity contribution < 1.29 is 4.57 Å². The van der Waals surface area contributed by atoms with Crippen LogP contribution in [0.1, 0.15) is 0 Å². The lowest BCUT2D eigenvalue weighted by molar-refractivity contribution is 0.585.